The molecule has 0 spiro atoms. The Labute approximate surface area is 423 Å². The molecular weight excluding hydrogens is 841 g/mol. The molecule has 0 aliphatic rings. The first kappa shape index (κ1) is 65.6. The van der Waals surface area contributed by atoms with Crippen LogP contribution in [0.25, 0.3) is 0 Å². The number of carbonyl (C=O) groups is 3. The summed E-state index contributed by atoms with van der Waals surface area (Å²) in [5.41, 5.74) is 0. The summed E-state index contributed by atoms with van der Waals surface area (Å²) in [5.74, 6) is -0.863. The van der Waals surface area contributed by atoms with E-state index in [4.69, 9.17) is 14.2 Å². The van der Waals surface area contributed by atoms with E-state index in [1.807, 2.05) is 0 Å². The van der Waals surface area contributed by atoms with Crippen LogP contribution in [-0.4, -0.2) is 37.2 Å². The summed E-state index contributed by atoms with van der Waals surface area (Å²) in [6, 6.07) is 0. The lowest BCUT2D eigenvalue weighted by Crippen LogP contribution is -2.30. The van der Waals surface area contributed by atoms with E-state index in [1.165, 1.54) is 212 Å². The Morgan fingerprint density at radius 2 is 0.529 bits per heavy atom. The normalized spacial score (nSPS) is 12.2. The zero-order chi connectivity index (χ0) is 49.3. The lowest BCUT2D eigenvalue weighted by molar-refractivity contribution is -0.167. The van der Waals surface area contributed by atoms with Crippen molar-refractivity contribution in [3.8, 4) is 0 Å². The first-order chi connectivity index (χ1) is 33.5. The van der Waals surface area contributed by atoms with Gasteiger partial charge in [-0.1, -0.05) is 263 Å². The van der Waals surface area contributed by atoms with Crippen molar-refractivity contribution in [3.05, 3.63) is 36.5 Å². The number of rotatable bonds is 55. The van der Waals surface area contributed by atoms with Crippen LogP contribution >= 0.6 is 0 Å². The van der Waals surface area contributed by atoms with Crippen LogP contribution in [0.4, 0.5) is 0 Å². The predicted octanol–water partition coefficient (Wildman–Crippen LogP) is 20.0. The Bertz CT molecular complexity index is 1140. The Morgan fingerprint density at radius 1 is 0.294 bits per heavy atom. The van der Waals surface area contributed by atoms with Crippen molar-refractivity contribution in [1.29, 1.82) is 0 Å². The molecule has 0 saturated carbocycles. The Morgan fingerprint density at radius 3 is 0.838 bits per heavy atom. The SMILES string of the molecule is CCCCCC/C=C\C/C=C\CCCCCCCCCC(=O)OC(COC(=O)CCCCCCCCCCC/C=C\CCCCCCCC)COC(=O)CCCCCCCCCCCCCCC. The molecule has 0 saturated heterocycles. The lowest BCUT2D eigenvalue weighted by atomic mass is 10.0. The van der Waals surface area contributed by atoms with Gasteiger partial charge in [-0.2, -0.15) is 0 Å². The van der Waals surface area contributed by atoms with Gasteiger partial charge in [0.1, 0.15) is 13.2 Å². The van der Waals surface area contributed by atoms with Crippen molar-refractivity contribution < 1.29 is 28.6 Å². The molecule has 1 unspecified atom stereocenters. The van der Waals surface area contributed by atoms with E-state index in [1.54, 1.807) is 0 Å². The minimum atomic E-state index is -0.774. The number of esters is 3. The van der Waals surface area contributed by atoms with Gasteiger partial charge in [0.05, 0.1) is 0 Å². The molecule has 0 fully saturated rings. The second kappa shape index (κ2) is 57.2. The summed E-state index contributed by atoms with van der Waals surface area (Å²) in [6.07, 6.45) is 68.5. The number of hydrogen-bond donors (Lipinski definition) is 0. The van der Waals surface area contributed by atoms with Gasteiger partial charge in [-0.25, -0.2) is 0 Å². The van der Waals surface area contributed by atoms with Gasteiger partial charge in [0, 0.05) is 19.3 Å². The second-order valence-corrected chi connectivity index (χ2v) is 20.3. The van der Waals surface area contributed by atoms with Crippen LogP contribution in [-0.2, 0) is 28.6 Å². The van der Waals surface area contributed by atoms with Crippen LogP contribution in [0.5, 0.6) is 0 Å². The minimum absolute atomic E-state index is 0.0722. The molecule has 68 heavy (non-hydrogen) atoms. The largest absolute Gasteiger partial charge is 0.462 e. The molecule has 0 aromatic carbocycles. The molecule has 0 aromatic heterocycles. The van der Waals surface area contributed by atoms with E-state index in [0.717, 1.165) is 70.6 Å². The molecule has 0 amide bonds. The van der Waals surface area contributed by atoms with E-state index < -0.39 is 6.10 Å². The van der Waals surface area contributed by atoms with Crippen molar-refractivity contribution in [1.82, 2.24) is 0 Å². The van der Waals surface area contributed by atoms with E-state index in [2.05, 4.69) is 57.2 Å². The summed E-state index contributed by atoms with van der Waals surface area (Å²) < 4.78 is 16.9. The molecule has 6 heteroatoms. The second-order valence-electron chi connectivity index (χ2n) is 20.3. The van der Waals surface area contributed by atoms with Crippen molar-refractivity contribution in [3.63, 3.8) is 0 Å². The zero-order valence-corrected chi connectivity index (χ0v) is 45.6. The highest BCUT2D eigenvalue weighted by Gasteiger charge is 2.19. The zero-order valence-electron chi connectivity index (χ0n) is 45.6. The van der Waals surface area contributed by atoms with Crippen LogP contribution in [0.2, 0.25) is 0 Å². The highest BCUT2D eigenvalue weighted by molar-refractivity contribution is 5.71. The topological polar surface area (TPSA) is 78.9 Å². The number of hydrogen-bond acceptors (Lipinski definition) is 6. The van der Waals surface area contributed by atoms with Gasteiger partial charge < -0.3 is 14.2 Å². The molecule has 0 rings (SSSR count). The number of carbonyl (C=O) groups excluding carboxylic acids is 3. The number of unbranched alkanes of at least 4 members (excludes halogenated alkanes) is 38. The third kappa shape index (κ3) is 54.6. The van der Waals surface area contributed by atoms with Gasteiger partial charge in [0.25, 0.3) is 0 Å². The third-order valence-corrected chi connectivity index (χ3v) is 13.4. The molecule has 0 aliphatic heterocycles. The molecule has 0 radical (unpaired) electrons. The lowest BCUT2D eigenvalue weighted by Gasteiger charge is -2.18. The van der Waals surface area contributed by atoms with Gasteiger partial charge >= 0.3 is 17.9 Å². The highest BCUT2D eigenvalue weighted by atomic mass is 16.6. The maximum atomic E-state index is 12.9. The fourth-order valence-electron chi connectivity index (χ4n) is 8.82. The van der Waals surface area contributed by atoms with Gasteiger partial charge in [0.2, 0.25) is 0 Å². The minimum Gasteiger partial charge on any atom is -0.462 e. The van der Waals surface area contributed by atoms with E-state index >= 15 is 0 Å². The van der Waals surface area contributed by atoms with Crippen molar-refractivity contribution in [2.45, 2.75) is 329 Å². The Kier molecular flexibility index (Phi) is 55.2. The molecule has 0 N–H and O–H groups in total. The average Bonchev–Trinajstić information content (AvgIpc) is 3.34. The van der Waals surface area contributed by atoms with Crippen LogP contribution in [0.1, 0.15) is 323 Å². The van der Waals surface area contributed by atoms with Crippen molar-refractivity contribution in [2.24, 2.45) is 0 Å². The van der Waals surface area contributed by atoms with Crippen LogP contribution in [0, 0.1) is 0 Å². The molecule has 6 nitrogen and oxygen atoms in total. The highest BCUT2D eigenvalue weighted by Crippen LogP contribution is 2.16. The van der Waals surface area contributed by atoms with Crippen molar-refractivity contribution >= 4 is 17.9 Å². The summed E-state index contributed by atoms with van der Waals surface area (Å²) in [7, 11) is 0. The maximum absolute atomic E-state index is 12.9. The molecule has 0 heterocycles. The van der Waals surface area contributed by atoms with E-state index in [-0.39, 0.29) is 31.1 Å². The quantitative estimate of drug-likeness (QED) is 0.0262. The van der Waals surface area contributed by atoms with Gasteiger partial charge in [0.15, 0.2) is 6.10 Å². The molecule has 0 aliphatic carbocycles. The fraction of sp³-hybridized carbons (Fsp3) is 0.855. The Hall–Kier alpha value is -2.37. The number of allylic oxidation sites excluding steroid dienone is 6. The van der Waals surface area contributed by atoms with Crippen molar-refractivity contribution in [2.75, 3.05) is 13.2 Å². The summed E-state index contributed by atoms with van der Waals surface area (Å²) in [5, 5.41) is 0. The van der Waals surface area contributed by atoms with Gasteiger partial charge in [-0.3, -0.25) is 14.4 Å². The van der Waals surface area contributed by atoms with Gasteiger partial charge in [-0.15, -0.1) is 0 Å². The fourth-order valence-corrected chi connectivity index (χ4v) is 8.82. The molecule has 398 valence electrons. The predicted molar refractivity (Wildman–Crippen MR) is 293 cm³/mol. The monoisotopic (exact) mass is 955 g/mol. The summed E-state index contributed by atoms with van der Waals surface area (Å²) >= 11 is 0. The maximum Gasteiger partial charge on any atom is 0.306 e. The molecule has 1 atom stereocenters. The summed E-state index contributed by atoms with van der Waals surface area (Å²) in [4.78, 5) is 38.2. The van der Waals surface area contributed by atoms with E-state index in [0.29, 0.717) is 19.3 Å². The molecular formula is C62H114O6. The molecule has 0 aromatic rings. The van der Waals surface area contributed by atoms with Crippen LogP contribution in [0.15, 0.2) is 36.5 Å². The molecule has 0 bridgehead atoms. The summed E-state index contributed by atoms with van der Waals surface area (Å²) in [6.45, 7) is 6.65. The average molecular weight is 956 g/mol. The Balaban J connectivity index is 4.33. The number of ether oxygens (including phenoxy) is 3. The third-order valence-electron chi connectivity index (χ3n) is 13.4. The van der Waals surface area contributed by atoms with Crippen LogP contribution in [0.3, 0.4) is 0 Å². The standard InChI is InChI=1S/C62H114O6/c1-4-7-10-13-16-19-22-25-27-29-31-33-34-37-40-43-46-49-52-55-61(64)67-58-59(57-66-60(63)54-51-48-45-42-39-36-24-21-18-15-12-9-6-3)68-62(65)56-53-50-47-44-41-38-35-32-30-28-26-23-20-17-14-11-8-5-2/h20,23,25,27-28,30,59H,4-19,21-22,24,26,29,31-58H2,1-3H3/b23-20-,27-25-,30-28-. The van der Waals surface area contributed by atoms with E-state index in [9.17, 15) is 14.4 Å². The first-order valence-corrected chi connectivity index (χ1v) is 30.0. The van der Waals surface area contributed by atoms with Crippen LogP contribution < -0.4 is 0 Å². The smallest absolute Gasteiger partial charge is 0.306 e. The first-order valence-electron chi connectivity index (χ1n) is 30.0. The van der Waals surface area contributed by atoms with Gasteiger partial charge in [-0.05, 0) is 77.0 Å².